The van der Waals surface area contributed by atoms with Gasteiger partial charge in [-0.05, 0) is 37.5 Å². The molecule has 1 atom stereocenters. The van der Waals surface area contributed by atoms with Crippen molar-refractivity contribution in [1.82, 2.24) is 0 Å². The van der Waals surface area contributed by atoms with E-state index in [0.29, 0.717) is 12.8 Å². The van der Waals surface area contributed by atoms with Crippen molar-refractivity contribution < 1.29 is 23.1 Å². The van der Waals surface area contributed by atoms with Gasteiger partial charge in [0.2, 0.25) is 0 Å². The zero-order chi connectivity index (χ0) is 17.5. The fraction of sp³-hybridized carbons (Fsp3) is 0.438. The number of allylic oxidation sites excluding steroid dienone is 1. The normalized spacial score (nSPS) is 12.7. The maximum atomic E-state index is 12.8. The number of nitrogens with one attached hydrogen (secondary N) is 1. The molecule has 0 aliphatic heterocycles. The van der Waals surface area contributed by atoms with Crippen LogP contribution in [0.2, 0.25) is 5.02 Å². The number of alkyl halides is 3. The van der Waals surface area contributed by atoms with Crippen molar-refractivity contribution in [3.05, 3.63) is 41.4 Å². The molecule has 0 saturated carbocycles. The van der Waals surface area contributed by atoms with Gasteiger partial charge in [-0.1, -0.05) is 30.5 Å². The summed E-state index contributed by atoms with van der Waals surface area (Å²) in [5.41, 5.74) is -0.870. The molecule has 3 nitrogen and oxygen atoms in total. The Morgan fingerprint density at radius 1 is 1.30 bits per heavy atom. The van der Waals surface area contributed by atoms with Gasteiger partial charge in [0.1, 0.15) is 6.04 Å². The Hall–Kier alpha value is -1.69. The number of rotatable bonds is 9. The maximum absolute atomic E-state index is 12.8. The maximum Gasteiger partial charge on any atom is 0.416 e. The van der Waals surface area contributed by atoms with Gasteiger partial charge in [-0.25, -0.2) is 4.79 Å². The highest BCUT2D eigenvalue weighted by Gasteiger charge is 2.31. The van der Waals surface area contributed by atoms with Crippen molar-refractivity contribution in [3.8, 4) is 0 Å². The number of hydrogen-bond donors (Lipinski definition) is 2. The average Bonchev–Trinajstić information content (AvgIpc) is 2.44. The minimum Gasteiger partial charge on any atom is -0.480 e. The van der Waals surface area contributed by atoms with Gasteiger partial charge >= 0.3 is 12.1 Å². The number of hydrogen-bond acceptors (Lipinski definition) is 2. The quantitative estimate of drug-likeness (QED) is 0.466. The Bertz CT molecular complexity index is 547. The van der Waals surface area contributed by atoms with Crippen LogP contribution in [0.3, 0.4) is 0 Å². The molecule has 0 unspecified atom stereocenters. The van der Waals surface area contributed by atoms with Crippen molar-refractivity contribution in [1.29, 1.82) is 0 Å². The molecule has 0 aromatic heterocycles. The molecule has 1 aromatic rings. The topological polar surface area (TPSA) is 49.3 Å². The highest BCUT2D eigenvalue weighted by Crippen LogP contribution is 2.33. The summed E-state index contributed by atoms with van der Waals surface area (Å²) in [4.78, 5) is 11.3. The van der Waals surface area contributed by atoms with Gasteiger partial charge in [0.25, 0.3) is 0 Å². The van der Waals surface area contributed by atoms with E-state index >= 15 is 0 Å². The second kappa shape index (κ2) is 8.82. The molecular weight excluding hydrogens is 331 g/mol. The van der Waals surface area contributed by atoms with E-state index in [-0.39, 0.29) is 10.7 Å². The first-order valence-electron chi connectivity index (χ1n) is 7.22. The predicted molar refractivity (Wildman–Crippen MR) is 84.8 cm³/mol. The van der Waals surface area contributed by atoms with Crippen LogP contribution in [0.5, 0.6) is 0 Å². The molecule has 0 radical (unpaired) electrons. The summed E-state index contributed by atoms with van der Waals surface area (Å²) in [5.74, 6) is -1.11. The summed E-state index contributed by atoms with van der Waals surface area (Å²) in [6.45, 7) is 3.60. The third-order valence-electron chi connectivity index (χ3n) is 3.27. The molecule has 0 saturated heterocycles. The van der Waals surface area contributed by atoms with E-state index < -0.39 is 23.8 Å². The van der Waals surface area contributed by atoms with Gasteiger partial charge in [-0.3, -0.25) is 0 Å². The van der Waals surface area contributed by atoms with Crippen LogP contribution in [0.25, 0.3) is 0 Å². The second-order valence-corrected chi connectivity index (χ2v) is 5.62. The van der Waals surface area contributed by atoms with Gasteiger partial charge < -0.3 is 10.4 Å². The molecule has 0 spiro atoms. The van der Waals surface area contributed by atoms with Crippen LogP contribution in [-0.2, 0) is 11.0 Å². The van der Waals surface area contributed by atoms with Crippen molar-refractivity contribution >= 4 is 23.3 Å². The second-order valence-electron chi connectivity index (χ2n) is 5.19. The lowest BCUT2D eigenvalue weighted by Gasteiger charge is -2.17. The van der Waals surface area contributed by atoms with E-state index in [4.69, 9.17) is 11.6 Å². The zero-order valence-corrected chi connectivity index (χ0v) is 13.3. The number of benzene rings is 1. The van der Waals surface area contributed by atoms with E-state index in [2.05, 4.69) is 11.9 Å². The number of carbonyl (C=O) groups is 1. The molecule has 2 N–H and O–H groups in total. The third-order valence-corrected chi connectivity index (χ3v) is 3.48. The highest BCUT2D eigenvalue weighted by molar-refractivity contribution is 6.31. The van der Waals surface area contributed by atoms with Crippen LogP contribution in [-0.4, -0.2) is 17.1 Å². The molecule has 1 rings (SSSR count). The number of halogens is 4. The molecule has 0 bridgehead atoms. The van der Waals surface area contributed by atoms with E-state index in [0.717, 1.165) is 31.4 Å². The molecule has 23 heavy (non-hydrogen) atoms. The molecule has 0 aliphatic rings. The van der Waals surface area contributed by atoms with E-state index in [9.17, 15) is 23.1 Å². The third kappa shape index (κ3) is 6.95. The van der Waals surface area contributed by atoms with Crippen molar-refractivity contribution in [2.45, 2.75) is 44.3 Å². The summed E-state index contributed by atoms with van der Waals surface area (Å²) in [6.07, 6.45) is 0.827. The van der Waals surface area contributed by atoms with Gasteiger partial charge in [0.05, 0.1) is 5.56 Å². The monoisotopic (exact) mass is 349 g/mol. The van der Waals surface area contributed by atoms with Crippen molar-refractivity contribution in [2.75, 3.05) is 5.32 Å². The zero-order valence-electron chi connectivity index (χ0n) is 12.5. The largest absolute Gasteiger partial charge is 0.480 e. The predicted octanol–water partition coefficient (Wildman–Crippen LogP) is 5.36. The average molecular weight is 350 g/mol. The summed E-state index contributed by atoms with van der Waals surface area (Å²) in [6, 6.07) is 1.99. The van der Waals surface area contributed by atoms with Gasteiger partial charge in [-0.15, -0.1) is 6.58 Å². The summed E-state index contributed by atoms with van der Waals surface area (Å²) in [7, 11) is 0. The smallest absolute Gasteiger partial charge is 0.416 e. The molecular formula is C16H19ClF3NO2. The van der Waals surface area contributed by atoms with Crippen molar-refractivity contribution in [3.63, 3.8) is 0 Å². The number of unbranched alkanes of at least 4 members (excludes halogenated alkanes) is 3. The first kappa shape index (κ1) is 19.4. The lowest BCUT2D eigenvalue weighted by Crippen LogP contribution is -2.29. The number of carboxylic acid groups (broad SMARTS) is 1. The molecule has 1 aromatic carbocycles. The lowest BCUT2D eigenvalue weighted by molar-refractivity contribution is -0.138. The molecule has 7 heteroatoms. The SMILES string of the molecule is C=CCCCCC[C@H](Nc1cc(Cl)cc(C(F)(F)F)c1)C(=O)O. The van der Waals surface area contributed by atoms with E-state index in [1.165, 1.54) is 6.07 Å². The lowest BCUT2D eigenvalue weighted by atomic mass is 10.1. The molecule has 0 aliphatic carbocycles. The van der Waals surface area contributed by atoms with Gasteiger partial charge in [0, 0.05) is 10.7 Å². The van der Waals surface area contributed by atoms with Crippen LogP contribution < -0.4 is 5.32 Å². The fourth-order valence-corrected chi connectivity index (χ4v) is 2.34. The van der Waals surface area contributed by atoms with Crippen LogP contribution in [0.1, 0.15) is 37.7 Å². The van der Waals surface area contributed by atoms with E-state index in [1.54, 1.807) is 6.08 Å². The minimum absolute atomic E-state index is 0.0447. The standard InChI is InChI=1S/C16H19ClF3NO2/c1-2-3-4-5-6-7-14(15(22)23)21-13-9-11(16(18,19)20)8-12(17)10-13/h2,8-10,14,21H,1,3-7H2,(H,22,23)/t14-/m0/s1. The van der Waals surface area contributed by atoms with Crippen LogP contribution in [0, 0.1) is 0 Å². The van der Waals surface area contributed by atoms with Crippen LogP contribution >= 0.6 is 11.6 Å². The summed E-state index contributed by atoms with van der Waals surface area (Å²) < 4.78 is 38.3. The number of carboxylic acids is 1. The minimum atomic E-state index is -4.54. The van der Waals surface area contributed by atoms with Crippen molar-refractivity contribution in [2.24, 2.45) is 0 Å². The number of aliphatic carboxylic acids is 1. The van der Waals surface area contributed by atoms with E-state index in [1.807, 2.05) is 0 Å². The Balaban J connectivity index is 2.74. The van der Waals surface area contributed by atoms with Gasteiger partial charge in [-0.2, -0.15) is 13.2 Å². The summed E-state index contributed by atoms with van der Waals surface area (Å²) >= 11 is 5.68. The fourth-order valence-electron chi connectivity index (χ4n) is 2.11. The first-order valence-corrected chi connectivity index (χ1v) is 7.60. The van der Waals surface area contributed by atoms with Crippen LogP contribution in [0.15, 0.2) is 30.9 Å². The Morgan fingerprint density at radius 2 is 2.00 bits per heavy atom. The Kier molecular flexibility index (Phi) is 7.42. The van der Waals surface area contributed by atoms with Crippen LogP contribution in [0.4, 0.5) is 18.9 Å². The van der Waals surface area contributed by atoms with Gasteiger partial charge in [0.15, 0.2) is 0 Å². The molecule has 0 fully saturated rings. The first-order chi connectivity index (χ1) is 10.7. The molecule has 0 amide bonds. The highest BCUT2D eigenvalue weighted by atomic mass is 35.5. The number of anilines is 1. The molecule has 0 heterocycles. The summed E-state index contributed by atoms with van der Waals surface area (Å²) in [5, 5.41) is 11.7. The molecule has 128 valence electrons. The Morgan fingerprint density at radius 3 is 2.57 bits per heavy atom. The Labute approximate surface area is 138 Å².